The number of anilines is 1. The number of nitrogens with one attached hydrogen (secondary N) is 1. The van der Waals surface area contributed by atoms with Crippen LogP contribution in [0.4, 0.5) is 5.13 Å². The molecule has 3 N–H and O–H groups in total. The molecule has 0 bridgehead atoms. The number of nitrogen functional groups attached to an aromatic ring is 1. The highest BCUT2D eigenvalue weighted by Gasteiger charge is 2.09. The molecule has 0 aliphatic heterocycles. The van der Waals surface area contributed by atoms with Crippen LogP contribution in [-0.2, 0) is 0 Å². The first-order chi connectivity index (χ1) is 8.56. The standard InChI is InChI=1S/C10H12N6S2/c1-16(2)9-14-15-10(18-9)17-7-5-3-4-6(13-7)8(11)12/h3-5H,1-2H3,(H3,11,12). The van der Waals surface area contributed by atoms with E-state index in [9.17, 15) is 0 Å². The predicted octanol–water partition coefficient (Wildman–Crippen LogP) is 1.43. The molecule has 0 fully saturated rings. The normalized spacial score (nSPS) is 10.3. The molecule has 2 heterocycles. The van der Waals surface area contributed by atoms with E-state index in [1.165, 1.54) is 23.1 Å². The Hall–Kier alpha value is -1.67. The van der Waals surface area contributed by atoms with Crippen molar-refractivity contribution in [2.24, 2.45) is 5.73 Å². The lowest BCUT2D eigenvalue weighted by Gasteiger charge is -2.03. The molecule has 6 nitrogen and oxygen atoms in total. The van der Waals surface area contributed by atoms with Crippen molar-refractivity contribution in [3.05, 3.63) is 23.9 Å². The number of hydrogen-bond donors (Lipinski definition) is 2. The quantitative estimate of drug-likeness (QED) is 0.650. The minimum absolute atomic E-state index is 0.0382. The largest absolute Gasteiger partial charge is 0.382 e. The second kappa shape index (κ2) is 5.32. The maximum Gasteiger partial charge on any atom is 0.208 e. The van der Waals surface area contributed by atoms with Crippen LogP contribution < -0.4 is 10.6 Å². The van der Waals surface area contributed by atoms with Gasteiger partial charge in [0.1, 0.15) is 16.6 Å². The SMILES string of the molecule is CN(C)c1nnc(Sc2cccc(C(=N)N)n2)s1. The molecule has 2 aromatic rings. The van der Waals surface area contributed by atoms with Gasteiger partial charge in [-0.2, -0.15) is 0 Å². The van der Waals surface area contributed by atoms with Crippen molar-refractivity contribution in [2.75, 3.05) is 19.0 Å². The van der Waals surface area contributed by atoms with Gasteiger partial charge in [-0.15, -0.1) is 10.2 Å². The van der Waals surface area contributed by atoms with Crippen LogP contribution in [0.15, 0.2) is 27.6 Å². The average Bonchev–Trinajstić information content (AvgIpc) is 2.78. The molecule has 94 valence electrons. The summed E-state index contributed by atoms with van der Waals surface area (Å²) in [6.07, 6.45) is 0. The lowest BCUT2D eigenvalue weighted by molar-refractivity contribution is 0.970. The predicted molar refractivity (Wildman–Crippen MR) is 73.6 cm³/mol. The zero-order valence-corrected chi connectivity index (χ0v) is 11.5. The van der Waals surface area contributed by atoms with Crippen molar-refractivity contribution >= 4 is 34.1 Å². The molecule has 8 heteroatoms. The lowest BCUT2D eigenvalue weighted by atomic mass is 10.3. The summed E-state index contributed by atoms with van der Waals surface area (Å²) in [5, 5.41) is 17.1. The van der Waals surface area contributed by atoms with Gasteiger partial charge in [-0.25, -0.2) is 4.98 Å². The van der Waals surface area contributed by atoms with Gasteiger partial charge in [0, 0.05) is 14.1 Å². The summed E-state index contributed by atoms with van der Waals surface area (Å²) < 4.78 is 0.812. The van der Waals surface area contributed by atoms with E-state index in [1.807, 2.05) is 31.1 Å². The van der Waals surface area contributed by atoms with E-state index in [2.05, 4.69) is 15.2 Å². The van der Waals surface area contributed by atoms with Gasteiger partial charge >= 0.3 is 0 Å². The molecule has 0 aliphatic rings. The fraction of sp³-hybridized carbons (Fsp3) is 0.200. The maximum absolute atomic E-state index is 7.35. The zero-order chi connectivity index (χ0) is 13.1. The number of pyridine rings is 1. The number of amidine groups is 1. The van der Waals surface area contributed by atoms with Crippen LogP contribution in [0, 0.1) is 5.41 Å². The van der Waals surface area contributed by atoms with E-state index in [1.54, 1.807) is 6.07 Å². The molecule has 0 saturated heterocycles. The molecule has 2 rings (SSSR count). The molecule has 0 radical (unpaired) electrons. The van der Waals surface area contributed by atoms with E-state index in [4.69, 9.17) is 11.1 Å². The van der Waals surface area contributed by atoms with Crippen molar-refractivity contribution in [3.63, 3.8) is 0 Å². The summed E-state index contributed by atoms with van der Waals surface area (Å²) in [5.41, 5.74) is 5.87. The topological polar surface area (TPSA) is 91.8 Å². The Labute approximate surface area is 113 Å². The Morgan fingerprint density at radius 1 is 1.39 bits per heavy atom. The van der Waals surface area contributed by atoms with Crippen molar-refractivity contribution in [3.8, 4) is 0 Å². The Kier molecular flexibility index (Phi) is 3.78. The summed E-state index contributed by atoms with van der Waals surface area (Å²) in [6.45, 7) is 0. The molecule has 2 aromatic heterocycles. The van der Waals surface area contributed by atoms with Gasteiger partial charge in [0.25, 0.3) is 0 Å². The molecular weight excluding hydrogens is 268 g/mol. The number of nitrogens with zero attached hydrogens (tertiary/aromatic N) is 4. The number of hydrogen-bond acceptors (Lipinski definition) is 7. The molecule has 0 aromatic carbocycles. The van der Waals surface area contributed by atoms with E-state index in [-0.39, 0.29) is 5.84 Å². The van der Waals surface area contributed by atoms with Gasteiger partial charge in [-0.3, -0.25) is 5.41 Å². The number of aromatic nitrogens is 3. The number of rotatable bonds is 4. The maximum atomic E-state index is 7.35. The third-order valence-electron chi connectivity index (χ3n) is 1.97. The van der Waals surface area contributed by atoms with Gasteiger partial charge in [0.2, 0.25) is 5.13 Å². The molecule has 0 amide bonds. The van der Waals surface area contributed by atoms with E-state index in [0.717, 1.165) is 14.5 Å². The van der Waals surface area contributed by atoms with E-state index in [0.29, 0.717) is 5.69 Å². The smallest absolute Gasteiger partial charge is 0.208 e. The summed E-state index contributed by atoms with van der Waals surface area (Å²) in [7, 11) is 3.84. The molecule has 0 atom stereocenters. The zero-order valence-electron chi connectivity index (χ0n) is 9.91. The Bertz CT molecular complexity index is 565. The van der Waals surface area contributed by atoms with Gasteiger partial charge in [-0.1, -0.05) is 17.4 Å². The van der Waals surface area contributed by atoms with E-state index < -0.39 is 0 Å². The van der Waals surface area contributed by atoms with Crippen LogP contribution in [-0.4, -0.2) is 35.1 Å². The summed E-state index contributed by atoms with van der Waals surface area (Å²) in [4.78, 5) is 6.16. The van der Waals surface area contributed by atoms with Crippen LogP contribution in [0.25, 0.3) is 0 Å². The molecule has 0 aliphatic carbocycles. The van der Waals surface area contributed by atoms with Crippen LogP contribution in [0.1, 0.15) is 5.69 Å². The second-order valence-electron chi connectivity index (χ2n) is 3.62. The third kappa shape index (κ3) is 2.96. The minimum atomic E-state index is -0.0382. The first-order valence-electron chi connectivity index (χ1n) is 5.06. The summed E-state index contributed by atoms with van der Waals surface area (Å²) in [5.74, 6) is -0.0382. The van der Waals surface area contributed by atoms with Gasteiger partial charge < -0.3 is 10.6 Å². The van der Waals surface area contributed by atoms with E-state index >= 15 is 0 Å². The highest BCUT2D eigenvalue weighted by Crippen LogP contribution is 2.31. The van der Waals surface area contributed by atoms with Crippen LogP contribution in [0.3, 0.4) is 0 Å². The van der Waals surface area contributed by atoms with Crippen molar-refractivity contribution in [1.82, 2.24) is 15.2 Å². The monoisotopic (exact) mass is 280 g/mol. The Morgan fingerprint density at radius 2 is 2.17 bits per heavy atom. The van der Waals surface area contributed by atoms with Crippen LogP contribution in [0.2, 0.25) is 0 Å². The van der Waals surface area contributed by atoms with Gasteiger partial charge in [-0.05, 0) is 23.9 Å². The summed E-state index contributed by atoms with van der Waals surface area (Å²) in [6, 6.07) is 5.38. The van der Waals surface area contributed by atoms with Crippen LogP contribution >= 0.6 is 23.1 Å². The fourth-order valence-electron chi connectivity index (χ4n) is 1.14. The van der Waals surface area contributed by atoms with Crippen molar-refractivity contribution in [2.45, 2.75) is 9.37 Å². The lowest BCUT2D eigenvalue weighted by Crippen LogP contribution is -2.12. The molecule has 0 saturated carbocycles. The van der Waals surface area contributed by atoms with Crippen molar-refractivity contribution < 1.29 is 0 Å². The molecular formula is C10H12N6S2. The Balaban J connectivity index is 2.17. The van der Waals surface area contributed by atoms with Crippen LogP contribution in [0.5, 0.6) is 0 Å². The Morgan fingerprint density at radius 3 is 2.78 bits per heavy atom. The third-order valence-corrected chi connectivity index (χ3v) is 4.05. The molecule has 18 heavy (non-hydrogen) atoms. The highest BCUT2D eigenvalue weighted by molar-refractivity contribution is 8.01. The number of nitrogens with two attached hydrogens (primary N) is 1. The minimum Gasteiger partial charge on any atom is -0.382 e. The second-order valence-corrected chi connectivity index (χ2v) is 5.85. The molecule has 0 spiro atoms. The van der Waals surface area contributed by atoms with Gasteiger partial charge in [0.05, 0.1) is 0 Å². The molecule has 0 unspecified atom stereocenters. The summed E-state index contributed by atoms with van der Waals surface area (Å²) >= 11 is 2.90. The highest BCUT2D eigenvalue weighted by atomic mass is 32.2. The first-order valence-corrected chi connectivity index (χ1v) is 6.69. The van der Waals surface area contributed by atoms with Gasteiger partial charge in [0.15, 0.2) is 4.34 Å². The fourth-order valence-corrected chi connectivity index (χ4v) is 2.84. The average molecular weight is 280 g/mol. The first kappa shape index (κ1) is 12.8. The van der Waals surface area contributed by atoms with Crippen molar-refractivity contribution in [1.29, 1.82) is 5.41 Å².